The van der Waals surface area contributed by atoms with E-state index < -0.39 is 138 Å². The van der Waals surface area contributed by atoms with E-state index in [2.05, 4.69) is 69.1 Å². The van der Waals surface area contributed by atoms with Gasteiger partial charge in [0.15, 0.2) is 17.9 Å². The average Bonchev–Trinajstić information content (AvgIpc) is 1.73. The third kappa shape index (κ3) is 33.4. The molecule has 0 aromatic heterocycles. The lowest BCUT2D eigenvalue weighted by atomic mass is 9.96. The van der Waals surface area contributed by atoms with Gasteiger partial charge in [0.1, 0.15) is 48.3 Å². The number of nitrogens with one attached hydrogen (secondary N) is 16. The van der Waals surface area contributed by atoms with Gasteiger partial charge >= 0.3 is 0 Å². The highest BCUT2D eigenvalue weighted by Gasteiger charge is 2.41. The molecule has 12 amide bonds. The van der Waals surface area contributed by atoms with E-state index in [9.17, 15) is 57.5 Å². The number of unbranched alkanes of at least 4 members (excludes halogenated alkanes) is 1. The number of primary amides is 1. The molecule has 0 aliphatic carbocycles. The van der Waals surface area contributed by atoms with Gasteiger partial charge in [0, 0.05) is 44.7 Å². The molecule has 1 saturated heterocycles. The standard InChI is InChI=1S/C78H117N23O12/c1-5-48(4)65(74(112)98-59(25-16-39-91-78(86)87)75(113)101-41-17-26-62(101)73(111)95-56(66(81)104)22-12-13-36-79)100-70(108)58(24-15-38-90-77(84)85)96-69(107)57(23-14-37-89-76(82)83)97-71(109)60(42-47(2)3)99-72(110)61(44-50-18-8-6-9-19-50)94-64(103)46-92-63(102)45-93-68(106)55(80)43-51-29-33-54(34-30-51)67(105)88-40-35-49-27-31-53(32-28-49)52-20-10-7-11-21-52/h6-11,18-21,27-34,47-48,55-62,65H,5,12-17,22-26,35-46,79-80H2,1-4H3,(H2,81,104)(H,88,105)(H,92,102)(H,93,106)(H,94,103)(H,95,111)(H,96,107)(H,97,109)(H,98,112)(H,99,110)(H,100,108)(H4,82,83,89)(H4,84,85,90)(H4,86,87,91)/t48-,55-,56-,57-,58-,59-,60-,61-,62-,65-/m0/s1. The average molecular weight is 1570 g/mol. The second kappa shape index (κ2) is 48.8. The van der Waals surface area contributed by atoms with Crippen molar-refractivity contribution in [2.45, 2.75) is 185 Å². The summed E-state index contributed by atoms with van der Waals surface area (Å²) in [6.45, 7) is 6.95. The van der Waals surface area contributed by atoms with E-state index in [-0.39, 0.29) is 127 Å². The second-order valence-corrected chi connectivity index (χ2v) is 28.5. The molecule has 5 rings (SSSR count). The molecule has 0 radical (unpaired) electrons. The summed E-state index contributed by atoms with van der Waals surface area (Å²) in [5.74, 6) is -10.7. The SMILES string of the molecule is CC[C@H](C)[C@H](NC(=O)[C@H](CCCNC(=N)N)NC(=O)[C@H](CCCNC(=N)N)NC(=O)[C@H](CC(C)C)NC(=O)[C@H](Cc1ccccc1)NC(=O)CNC(=O)CNC(=O)[C@@H](N)Cc1ccc(C(=O)NCCc2ccc(-c3ccccc3)cc2)cc1)C(=O)N[C@@H](CCCNC(=N)N)C(=O)N1CCC[C@H]1C(=O)N[C@@H](CCCCN)C(N)=O. The fourth-order valence-corrected chi connectivity index (χ4v) is 12.6. The third-order valence-corrected chi connectivity index (χ3v) is 19.0. The Morgan fingerprint density at radius 1 is 0.469 bits per heavy atom. The Kier molecular flexibility index (Phi) is 39.7. The first-order chi connectivity index (χ1) is 54.0. The Morgan fingerprint density at radius 2 is 0.965 bits per heavy atom. The highest BCUT2D eigenvalue weighted by Crippen LogP contribution is 2.23. The van der Waals surface area contributed by atoms with Crippen LogP contribution in [0, 0.1) is 28.1 Å². The second-order valence-electron chi connectivity index (χ2n) is 28.5. The molecule has 35 heteroatoms. The lowest BCUT2D eigenvalue weighted by Gasteiger charge is -2.32. The van der Waals surface area contributed by atoms with E-state index in [0.717, 1.165) is 16.7 Å². The summed E-state index contributed by atoms with van der Waals surface area (Å²) in [5, 5.41) is 58.0. The number of hydrogen-bond acceptors (Lipinski definition) is 17. The van der Waals surface area contributed by atoms with Gasteiger partial charge in [-0.1, -0.05) is 131 Å². The molecule has 10 atom stereocenters. The first-order valence-electron chi connectivity index (χ1n) is 38.5. The number of benzene rings is 4. The maximum atomic E-state index is 14.8. The van der Waals surface area contributed by atoms with Gasteiger partial charge in [-0.25, -0.2) is 0 Å². The Morgan fingerprint density at radius 3 is 1.52 bits per heavy atom. The zero-order chi connectivity index (χ0) is 82.9. The quantitative estimate of drug-likeness (QED) is 0.0137. The molecule has 1 fully saturated rings. The van der Waals surface area contributed by atoms with Crippen molar-refractivity contribution in [1.29, 1.82) is 16.2 Å². The summed E-state index contributed by atoms with van der Waals surface area (Å²) in [5.41, 5.74) is 39.2. The van der Waals surface area contributed by atoms with Crippen molar-refractivity contribution in [3.63, 3.8) is 0 Å². The van der Waals surface area contributed by atoms with Crippen LogP contribution in [0.25, 0.3) is 11.1 Å². The summed E-state index contributed by atoms with van der Waals surface area (Å²) < 4.78 is 0. The van der Waals surface area contributed by atoms with Crippen molar-refractivity contribution >= 4 is 88.8 Å². The van der Waals surface area contributed by atoms with Crippen LogP contribution in [-0.4, -0.2) is 200 Å². The van der Waals surface area contributed by atoms with Crippen LogP contribution in [0.1, 0.15) is 138 Å². The van der Waals surface area contributed by atoms with Crippen molar-refractivity contribution in [3.8, 4) is 11.1 Å². The highest BCUT2D eigenvalue weighted by molar-refractivity contribution is 5.99. The summed E-state index contributed by atoms with van der Waals surface area (Å²) in [7, 11) is 0. The highest BCUT2D eigenvalue weighted by atomic mass is 16.2. The smallest absolute Gasteiger partial charge is 0.251 e. The summed E-state index contributed by atoms with van der Waals surface area (Å²) in [4.78, 5) is 169. The fraction of sp³-hybridized carbons (Fsp3) is 0.500. The van der Waals surface area contributed by atoms with E-state index in [1.807, 2.05) is 54.6 Å². The lowest BCUT2D eigenvalue weighted by Crippen LogP contribution is -2.61. The Hall–Kier alpha value is -11.8. The fourth-order valence-electron chi connectivity index (χ4n) is 12.6. The normalized spacial score (nSPS) is 14.7. The van der Waals surface area contributed by atoms with E-state index >= 15 is 0 Å². The molecule has 0 saturated carbocycles. The van der Waals surface area contributed by atoms with Gasteiger partial charge in [-0.3, -0.25) is 73.8 Å². The van der Waals surface area contributed by atoms with Crippen molar-refractivity contribution in [1.82, 2.24) is 74.0 Å². The van der Waals surface area contributed by atoms with Gasteiger partial charge in [-0.2, -0.15) is 0 Å². The van der Waals surface area contributed by atoms with Crippen LogP contribution in [0.4, 0.5) is 0 Å². The van der Waals surface area contributed by atoms with Crippen LogP contribution in [-0.2, 0) is 72.0 Å². The third-order valence-electron chi connectivity index (χ3n) is 19.0. The largest absolute Gasteiger partial charge is 0.370 e. The predicted molar refractivity (Wildman–Crippen MR) is 429 cm³/mol. The van der Waals surface area contributed by atoms with Crippen LogP contribution in [0.3, 0.4) is 0 Å². The Bertz CT molecular complexity index is 3820. The van der Waals surface area contributed by atoms with Crippen molar-refractivity contribution in [2.24, 2.45) is 46.2 Å². The van der Waals surface area contributed by atoms with Crippen LogP contribution in [0.2, 0.25) is 0 Å². The van der Waals surface area contributed by atoms with Gasteiger partial charge in [-0.05, 0) is 148 Å². The van der Waals surface area contributed by atoms with Crippen LogP contribution in [0.5, 0.6) is 0 Å². The maximum absolute atomic E-state index is 14.8. The zero-order valence-electron chi connectivity index (χ0n) is 65.0. The van der Waals surface area contributed by atoms with Gasteiger partial charge in [-0.15, -0.1) is 0 Å². The van der Waals surface area contributed by atoms with E-state index in [4.69, 9.17) is 50.6 Å². The molecule has 0 unspecified atom stereocenters. The number of carbonyl (C=O) groups excluding carboxylic acids is 12. The van der Waals surface area contributed by atoms with Crippen LogP contribution in [0.15, 0.2) is 109 Å². The minimum Gasteiger partial charge on any atom is -0.370 e. The Labute approximate surface area is 659 Å². The first kappa shape index (κ1) is 91.9. The molecule has 616 valence electrons. The number of nitrogens with two attached hydrogens (primary N) is 6. The minimum absolute atomic E-state index is 0.00382. The summed E-state index contributed by atoms with van der Waals surface area (Å²) in [6, 6.07) is 22.0. The van der Waals surface area contributed by atoms with Gasteiger partial charge in [0.05, 0.1) is 19.1 Å². The van der Waals surface area contributed by atoms with Crippen molar-refractivity contribution < 1.29 is 57.5 Å². The summed E-state index contributed by atoms with van der Waals surface area (Å²) in [6.07, 6.45) is 3.02. The molecule has 0 bridgehead atoms. The van der Waals surface area contributed by atoms with Crippen molar-refractivity contribution in [2.75, 3.05) is 52.4 Å². The molecule has 4 aromatic carbocycles. The number of rotatable bonds is 49. The summed E-state index contributed by atoms with van der Waals surface area (Å²) >= 11 is 0. The monoisotopic (exact) mass is 1570 g/mol. The van der Waals surface area contributed by atoms with E-state index in [1.54, 1.807) is 82.3 Å². The first-order valence-corrected chi connectivity index (χ1v) is 38.5. The molecule has 1 heterocycles. The maximum Gasteiger partial charge on any atom is 0.251 e. The number of nitrogens with zero attached hydrogens (tertiary/aromatic N) is 1. The van der Waals surface area contributed by atoms with E-state index in [0.29, 0.717) is 61.9 Å². The van der Waals surface area contributed by atoms with Crippen LogP contribution < -0.4 is 104 Å². The molecule has 0 spiro atoms. The molecule has 28 N–H and O–H groups in total. The van der Waals surface area contributed by atoms with Gasteiger partial charge in [0.2, 0.25) is 65.0 Å². The lowest BCUT2D eigenvalue weighted by molar-refractivity contribution is -0.142. The molecule has 1 aliphatic rings. The Balaban J connectivity index is 1.25. The molecule has 35 nitrogen and oxygen atoms in total. The number of carbonyl (C=O) groups is 12. The topological polar surface area (TPSA) is 592 Å². The van der Waals surface area contributed by atoms with Gasteiger partial charge in [0.25, 0.3) is 5.91 Å². The molecule has 1 aliphatic heterocycles. The van der Waals surface area contributed by atoms with Gasteiger partial charge < -0.3 is 108 Å². The number of amides is 12. The van der Waals surface area contributed by atoms with Crippen LogP contribution >= 0.6 is 0 Å². The predicted octanol–water partition coefficient (Wildman–Crippen LogP) is -1.45. The number of likely N-dealkylation sites (tertiary alicyclic amines) is 1. The number of guanidine groups is 3. The van der Waals surface area contributed by atoms with E-state index in [1.165, 1.54) is 4.90 Å². The molecular formula is C78H117N23O12. The molecule has 113 heavy (non-hydrogen) atoms. The molecule has 4 aromatic rings. The van der Waals surface area contributed by atoms with Crippen molar-refractivity contribution in [3.05, 3.63) is 131 Å². The molecular weight excluding hydrogens is 1450 g/mol. The minimum atomic E-state index is -1.45. The number of hydrogen-bond donors (Lipinski definition) is 22. The zero-order valence-corrected chi connectivity index (χ0v) is 65.0.